The molecule has 0 aliphatic carbocycles. The highest BCUT2D eigenvalue weighted by atomic mass is 35.5. The molecule has 182 valence electrons. The van der Waals surface area contributed by atoms with Crippen LogP contribution < -0.4 is 4.90 Å². The second-order valence-electron chi connectivity index (χ2n) is 8.66. The molecule has 5 heterocycles. The van der Waals surface area contributed by atoms with Crippen LogP contribution >= 0.6 is 22.9 Å². The smallest absolute Gasteiger partial charge is 0.237 e. The van der Waals surface area contributed by atoms with Gasteiger partial charge in [-0.1, -0.05) is 12.1 Å². The summed E-state index contributed by atoms with van der Waals surface area (Å²) >= 11 is 7.37. The number of anilines is 1. The van der Waals surface area contributed by atoms with Crippen molar-refractivity contribution >= 4 is 55.9 Å². The van der Waals surface area contributed by atoms with Crippen molar-refractivity contribution in [3.05, 3.63) is 29.4 Å². The van der Waals surface area contributed by atoms with Crippen molar-refractivity contribution in [2.75, 3.05) is 63.3 Å². The number of ether oxygens (including phenoxy) is 1. The number of hydrogen-bond donors (Lipinski definition) is 1. The third kappa shape index (κ3) is 4.44. The van der Waals surface area contributed by atoms with E-state index in [4.69, 9.17) is 31.3 Å². The van der Waals surface area contributed by atoms with Crippen LogP contribution in [0.25, 0.3) is 32.6 Å². The van der Waals surface area contributed by atoms with Crippen LogP contribution in [0.1, 0.15) is 5.01 Å². The fraction of sp³-hybridized carbons (Fsp3) is 0.435. The average Bonchev–Trinajstić information content (AvgIpc) is 3.55. The summed E-state index contributed by atoms with van der Waals surface area (Å²) in [6.07, 6.45) is 1.81. The molecule has 0 bridgehead atoms. The van der Waals surface area contributed by atoms with Gasteiger partial charge in [-0.05, 0) is 6.07 Å². The highest BCUT2D eigenvalue weighted by Gasteiger charge is 2.24. The van der Waals surface area contributed by atoms with Gasteiger partial charge in [-0.2, -0.15) is 5.10 Å². The maximum absolute atomic E-state index is 11.9. The van der Waals surface area contributed by atoms with Gasteiger partial charge in [-0.25, -0.2) is 15.0 Å². The van der Waals surface area contributed by atoms with Crippen molar-refractivity contribution in [1.29, 1.82) is 0 Å². The Kier molecular flexibility index (Phi) is 6.23. The zero-order valence-corrected chi connectivity index (χ0v) is 20.7. The number of hydrogen-bond acceptors (Lipinski definition) is 9. The summed E-state index contributed by atoms with van der Waals surface area (Å²) < 4.78 is 6.58. The second kappa shape index (κ2) is 9.65. The number of nitrogens with zero attached hydrogens (tertiary/aromatic N) is 7. The predicted molar refractivity (Wildman–Crippen MR) is 136 cm³/mol. The molecule has 0 spiro atoms. The average molecular weight is 513 g/mol. The van der Waals surface area contributed by atoms with E-state index >= 15 is 0 Å². The Morgan fingerprint density at radius 1 is 1.09 bits per heavy atom. The van der Waals surface area contributed by atoms with Gasteiger partial charge in [0.25, 0.3) is 0 Å². The van der Waals surface area contributed by atoms with Crippen molar-refractivity contribution < 1.29 is 9.53 Å². The number of morpholine rings is 1. The first-order valence-corrected chi connectivity index (χ1v) is 13.0. The molecule has 1 aromatic carbocycles. The van der Waals surface area contributed by atoms with E-state index in [1.54, 1.807) is 11.3 Å². The molecule has 0 radical (unpaired) electrons. The number of carbonyl (C=O) groups is 1. The Balaban J connectivity index is 1.34. The van der Waals surface area contributed by atoms with Crippen LogP contribution in [0, 0.1) is 0 Å². The summed E-state index contributed by atoms with van der Waals surface area (Å²) in [6, 6.07) is 6.00. The zero-order chi connectivity index (χ0) is 23.8. The third-order valence-electron chi connectivity index (χ3n) is 6.51. The molecular formula is C23H25ClN8O2S. The van der Waals surface area contributed by atoms with Gasteiger partial charge in [0.1, 0.15) is 15.6 Å². The summed E-state index contributed by atoms with van der Waals surface area (Å²) in [6.45, 7) is 6.62. The molecule has 35 heavy (non-hydrogen) atoms. The lowest BCUT2D eigenvalue weighted by atomic mass is 10.1. The monoisotopic (exact) mass is 512 g/mol. The van der Waals surface area contributed by atoms with Crippen LogP contribution in [0.15, 0.2) is 24.4 Å². The minimum absolute atomic E-state index is 0.00287. The molecule has 0 atom stereocenters. The van der Waals surface area contributed by atoms with E-state index in [0.29, 0.717) is 37.8 Å². The maximum atomic E-state index is 11.9. The number of fused-ring (bicyclic) bond motifs is 2. The lowest BCUT2D eigenvalue weighted by molar-refractivity contribution is -0.130. The normalized spacial score (nSPS) is 17.5. The van der Waals surface area contributed by atoms with E-state index in [0.717, 1.165) is 64.7 Å². The van der Waals surface area contributed by atoms with Gasteiger partial charge in [0, 0.05) is 50.2 Å². The standard InChI is InChI=1S/C23H25ClN8O2S/c24-12-19(33)31-6-4-30(5-7-31)14-18-26-22-20(35-18)23(32-8-10-34-11-9-32)28-21(27-22)15-2-1-3-17-16(15)13-25-29-17/h1-3,13H,4-12,14H2,(H,25,29). The number of aromatic amines is 1. The number of carbonyl (C=O) groups excluding carboxylic acids is 1. The Morgan fingerprint density at radius 3 is 2.71 bits per heavy atom. The summed E-state index contributed by atoms with van der Waals surface area (Å²) in [5, 5.41) is 9.20. The van der Waals surface area contributed by atoms with Gasteiger partial charge in [0.05, 0.1) is 31.5 Å². The number of rotatable bonds is 5. The SMILES string of the molecule is O=C(CCl)N1CCN(Cc2nc3nc(-c4cccc5[nH]ncc45)nc(N4CCOCC4)c3s2)CC1. The van der Waals surface area contributed by atoms with Crippen molar-refractivity contribution in [2.45, 2.75) is 6.54 Å². The number of thiazole rings is 1. The molecule has 2 saturated heterocycles. The largest absolute Gasteiger partial charge is 0.378 e. The molecule has 1 amide bonds. The topological polar surface area (TPSA) is 103 Å². The third-order valence-corrected chi connectivity index (χ3v) is 7.77. The van der Waals surface area contributed by atoms with E-state index in [1.165, 1.54) is 0 Å². The van der Waals surface area contributed by atoms with E-state index < -0.39 is 0 Å². The van der Waals surface area contributed by atoms with Crippen molar-refractivity contribution in [3.8, 4) is 11.4 Å². The molecular weight excluding hydrogens is 488 g/mol. The van der Waals surface area contributed by atoms with E-state index in [-0.39, 0.29) is 11.8 Å². The van der Waals surface area contributed by atoms with E-state index in [1.807, 2.05) is 29.3 Å². The van der Waals surface area contributed by atoms with Gasteiger partial charge >= 0.3 is 0 Å². The molecule has 2 fully saturated rings. The van der Waals surface area contributed by atoms with Gasteiger partial charge in [0.15, 0.2) is 17.3 Å². The van der Waals surface area contributed by atoms with Gasteiger partial charge < -0.3 is 14.5 Å². The lowest BCUT2D eigenvalue weighted by Crippen LogP contribution is -2.48. The Labute approximate surface area is 210 Å². The molecule has 12 heteroatoms. The van der Waals surface area contributed by atoms with E-state index in [2.05, 4.69) is 20.0 Å². The maximum Gasteiger partial charge on any atom is 0.237 e. The summed E-state index contributed by atoms with van der Waals surface area (Å²) in [5.74, 6) is 1.60. The predicted octanol–water partition coefficient (Wildman–Crippen LogP) is 2.35. The van der Waals surface area contributed by atoms with E-state index in [9.17, 15) is 4.79 Å². The first-order chi connectivity index (χ1) is 17.2. The van der Waals surface area contributed by atoms with Gasteiger partial charge in [0.2, 0.25) is 5.91 Å². The number of benzene rings is 1. The summed E-state index contributed by atoms with van der Waals surface area (Å²) in [5.41, 5.74) is 2.60. The molecule has 1 N–H and O–H groups in total. The number of piperazine rings is 1. The van der Waals surface area contributed by atoms with Crippen LogP contribution in [0.4, 0.5) is 5.82 Å². The minimum atomic E-state index is -0.00287. The highest BCUT2D eigenvalue weighted by Crippen LogP contribution is 2.34. The number of aromatic nitrogens is 5. The number of halogens is 1. The number of H-pyrrole nitrogens is 1. The van der Waals surface area contributed by atoms with Crippen LogP contribution in [0.2, 0.25) is 0 Å². The minimum Gasteiger partial charge on any atom is -0.378 e. The van der Waals surface area contributed by atoms with Crippen LogP contribution in [0.3, 0.4) is 0 Å². The fourth-order valence-electron chi connectivity index (χ4n) is 4.62. The van der Waals surface area contributed by atoms with Crippen molar-refractivity contribution in [2.24, 2.45) is 0 Å². The van der Waals surface area contributed by atoms with Crippen LogP contribution in [-0.4, -0.2) is 99.2 Å². The molecule has 2 aliphatic heterocycles. The molecule has 0 saturated carbocycles. The molecule has 4 aromatic rings. The summed E-state index contributed by atoms with van der Waals surface area (Å²) in [4.78, 5) is 33.2. The molecule has 10 nitrogen and oxygen atoms in total. The van der Waals surface area contributed by atoms with Gasteiger partial charge in [-0.15, -0.1) is 22.9 Å². The molecule has 0 unspecified atom stereocenters. The van der Waals surface area contributed by atoms with Gasteiger partial charge in [-0.3, -0.25) is 14.8 Å². The molecule has 2 aliphatic rings. The Morgan fingerprint density at radius 2 is 1.91 bits per heavy atom. The van der Waals surface area contributed by atoms with Crippen LogP contribution in [0.5, 0.6) is 0 Å². The number of alkyl halides is 1. The molecule has 3 aromatic heterocycles. The Bertz CT molecular complexity index is 1360. The number of nitrogens with one attached hydrogen (secondary N) is 1. The highest BCUT2D eigenvalue weighted by molar-refractivity contribution is 7.19. The Hall–Kier alpha value is -2.86. The first-order valence-electron chi connectivity index (χ1n) is 11.7. The summed E-state index contributed by atoms with van der Waals surface area (Å²) in [7, 11) is 0. The van der Waals surface area contributed by atoms with Crippen molar-refractivity contribution in [1.82, 2.24) is 34.9 Å². The van der Waals surface area contributed by atoms with Crippen molar-refractivity contribution in [3.63, 3.8) is 0 Å². The zero-order valence-electron chi connectivity index (χ0n) is 19.1. The lowest BCUT2D eigenvalue weighted by Gasteiger charge is -2.33. The molecule has 6 rings (SSSR count). The number of amides is 1. The van der Waals surface area contributed by atoms with Crippen LogP contribution in [-0.2, 0) is 16.1 Å². The first kappa shape index (κ1) is 22.6. The quantitative estimate of drug-likeness (QED) is 0.406. The fourth-order valence-corrected chi connectivity index (χ4v) is 5.86. The second-order valence-corrected chi connectivity index (χ2v) is 10.0.